The van der Waals surface area contributed by atoms with E-state index in [9.17, 15) is 28.1 Å². The van der Waals surface area contributed by atoms with Crippen molar-refractivity contribution in [1.29, 1.82) is 0 Å². The lowest BCUT2D eigenvalue weighted by atomic mass is 9.97. The second-order valence-electron chi connectivity index (χ2n) is 7.84. The summed E-state index contributed by atoms with van der Waals surface area (Å²) in [6.45, 7) is 2.57. The lowest BCUT2D eigenvalue weighted by molar-refractivity contribution is -0.384. The van der Waals surface area contributed by atoms with Crippen molar-refractivity contribution in [2.75, 3.05) is 32.5 Å². The number of nitro groups is 1. The normalized spacial score (nSPS) is 15.2. The Balaban J connectivity index is 1.67. The van der Waals surface area contributed by atoms with Crippen LogP contribution >= 0.6 is 0 Å². The number of carbonyl (C=O) groups excluding carboxylic acids is 2. The second kappa shape index (κ2) is 9.67. The number of carbonyl (C=O) groups is 2. The number of nitro benzene ring substituents is 1. The van der Waals surface area contributed by atoms with Gasteiger partial charge in [-0.05, 0) is 31.9 Å². The number of rotatable bonds is 7. The SMILES string of the molecule is CCn1ncc(NC(=O)C2CCN(S(=O)(=O)c3ccc([N+](=O)[O-])cc3)CC2)c1C(=O)N(C)C. The molecule has 2 amide bonds. The Morgan fingerprint density at radius 1 is 1.21 bits per heavy atom. The van der Waals surface area contributed by atoms with Crippen molar-refractivity contribution in [3.63, 3.8) is 0 Å². The van der Waals surface area contributed by atoms with E-state index in [4.69, 9.17) is 0 Å². The van der Waals surface area contributed by atoms with Crippen LogP contribution in [0.15, 0.2) is 35.4 Å². The van der Waals surface area contributed by atoms with Gasteiger partial charge in [-0.1, -0.05) is 0 Å². The van der Waals surface area contributed by atoms with Crippen molar-refractivity contribution in [2.45, 2.75) is 31.2 Å². The summed E-state index contributed by atoms with van der Waals surface area (Å²) < 4.78 is 28.5. The lowest BCUT2D eigenvalue weighted by Crippen LogP contribution is -2.41. The number of nitrogens with zero attached hydrogens (tertiary/aromatic N) is 5. The molecule has 2 aromatic rings. The van der Waals surface area contributed by atoms with E-state index < -0.39 is 20.9 Å². The van der Waals surface area contributed by atoms with Crippen LogP contribution in [0.4, 0.5) is 11.4 Å². The molecule has 0 radical (unpaired) electrons. The van der Waals surface area contributed by atoms with Crippen LogP contribution in [0.5, 0.6) is 0 Å². The molecule has 0 aliphatic carbocycles. The first-order chi connectivity index (χ1) is 15.6. The molecule has 1 aliphatic heterocycles. The molecule has 1 aromatic heterocycles. The minimum atomic E-state index is -3.82. The maximum atomic E-state index is 12.9. The van der Waals surface area contributed by atoms with E-state index in [-0.39, 0.29) is 41.2 Å². The highest BCUT2D eigenvalue weighted by Crippen LogP contribution is 2.27. The quantitative estimate of drug-likeness (QED) is 0.469. The number of aryl methyl sites for hydroxylation is 1. The highest BCUT2D eigenvalue weighted by Gasteiger charge is 2.33. The van der Waals surface area contributed by atoms with Crippen molar-refractivity contribution in [3.05, 3.63) is 46.3 Å². The van der Waals surface area contributed by atoms with Gasteiger partial charge in [0, 0.05) is 51.8 Å². The van der Waals surface area contributed by atoms with Gasteiger partial charge >= 0.3 is 0 Å². The molecule has 1 aliphatic rings. The Bertz CT molecular complexity index is 1150. The number of sulfonamides is 1. The highest BCUT2D eigenvalue weighted by molar-refractivity contribution is 7.89. The number of nitrogens with one attached hydrogen (secondary N) is 1. The first kappa shape index (κ1) is 24.3. The lowest BCUT2D eigenvalue weighted by Gasteiger charge is -2.30. The van der Waals surface area contributed by atoms with Crippen LogP contribution in [-0.2, 0) is 21.4 Å². The van der Waals surface area contributed by atoms with Crippen molar-refractivity contribution in [2.24, 2.45) is 5.92 Å². The first-order valence-electron chi connectivity index (χ1n) is 10.4. The number of hydrogen-bond donors (Lipinski definition) is 1. The number of non-ortho nitro benzene ring substituents is 1. The minimum Gasteiger partial charge on any atom is -0.343 e. The maximum absolute atomic E-state index is 12.9. The van der Waals surface area contributed by atoms with Crippen LogP contribution < -0.4 is 5.32 Å². The average Bonchev–Trinajstić information content (AvgIpc) is 3.20. The van der Waals surface area contributed by atoms with Gasteiger partial charge in [-0.3, -0.25) is 24.4 Å². The zero-order valence-electron chi connectivity index (χ0n) is 18.6. The number of aromatic nitrogens is 2. The predicted octanol–water partition coefficient (Wildman–Crippen LogP) is 1.55. The molecule has 0 unspecified atom stereocenters. The zero-order valence-corrected chi connectivity index (χ0v) is 19.4. The van der Waals surface area contributed by atoms with E-state index in [1.54, 1.807) is 14.1 Å². The van der Waals surface area contributed by atoms with Gasteiger partial charge in [0.05, 0.1) is 21.7 Å². The minimum absolute atomic E-state index is 0.0326. The van der Waals surface area contributed by atoms with Crippen LogP contribution in [0.2, 0.25) is 0 Å². The molecule has 3 rings (SSSR count). The summed E-state index contributed by atoms with van der Waals surface area (Å²) >= 11 is 0. The van der Waals surface area contributed by atoms with Crippen LogP contribution in [0.3, 0.4) is 0 Å². The fourth-order valence-corrected chi connectivity index (χ4v) is 5.11. The summed E-state index contributed by atoms with van der Waals surface area (Å²) in [5, 5.41) is 17.7. The van der Waals surface area contributed by atoms with E-state index in [0.29, 0.717) is 25.1 Å². The molecular formula is C20H26N6O6S. The Morgan fingerprint density at radius 2 is 1.82 bits per heavy atom. The topological polar surface area (TPSA) is 148 Å². The van der Waals surface area contributed by atoms with Crippen LogP contribution in [0.25, 0.3) is 0 Å². The van der Waals surface area contributed by atoms with Crippen LogP contribution in [0.1, 0.15) is 30.3 Å². The molecule has 2 heterocycles. The summed E-state index contributed by atoms with van der Waals surface area (Å²) in [5.74, 6) is -1.01. The fraction of sp³-hybridized carbons (Fsp3) is 0.450. The molecule has 0 spiro atoms. The monoisotopic (exact) mass is 478 g/mol. The number of piperidine rings is 1. The van der Waals surface area contributed by atoms with E-state index in [1.807, 2.05) is 6.92 Å². The van der Waals surface area contributed by atoms with Gasteiger partial charge in [-0.15, -0.1) is 0 Å². The fourth-order valence-electron chi connectivity index (χ4n) is 3.64. The number of benzene rings is 1. The third-order valence-corrected chi connectivity index (χ3v) is 7.43. The van der Waals surface area contributed by atoms with Crippen LogP contribution in [0, 0.1) is 16.0 Å². The van der Waals surface area contributed by atoms with Crippen molar-refractivity contribution in [3.8, 4) is 0 Å². The Kier molecular flexibility index (Phi) is 7.12. The Labute approximate surface area is 191 Å². The third-order valence-electron chi connectivity index (χ3n) is 5.52. The van der Waals surface area contributed by atoms with Crippen molar-refractivity contribution >= 4 is 33.2 Å². The Hall–Kier alpha value is -3.32. The molecule has 0 bridgehead atoms. The Morgan fingerprint density at radius 3 is 2.33 bits per heavy atom. The second-order valence-corrected chi connectivity index (χ2v) is 9.78. The zero-order chi connectivity index (χ0) is 24.3. The summed E-state index contributed by atoms with van der Waals surface area (Å²) in [7, 11) is -0.598. The molecule has 13 heteroatoms. The van der Waals surface area contributed by atoms with E-state index >= 15 is 0 Å². The molecule has 1 fully saturated rings. The van der Waals surface area contributed by atoms with E-state index in [2.05, 4.69) is 10.4 Å². The van der Waals surface area contributed by atoms with Gasteiger partial charge in [0.2, 0.25) is 15.9 Å². The summed E-state index contributed by atoms with van der Waals surface area (Å²) in [6.07, 6.45) is 2.04. The maximum Gasteiger partial charge on any atom is 0.273 e. The van der Waals surface area contributed by atoms with Crippen molar-refractivity contribution in [1.82, 2.24) is 19.0 Å². The predicted molar refractivity (Wildman–Crippen MR) is 119 cm³/mol. The van der Waals surface area contributed by atoms with E-state index in [0.717, 1.165) is 12.1 Å². The van der Waals surface area contributed by atoms with Gasteiger partial charge in [0.1, 0.15) is 5.69 Å². The molecule has 1 aromatic carbocycles. The molecule has 0 saturated carbocycles. The van der Waals surface area contributed by atoms with Gasteiger partial charge in [0.15, 0.2) is 0 Å². The number of hydrogen-bond acceptors (Lipinski definition) is 7. The molecule has 178 valence electrons. The molecular weight excluding hydrogens is 452 g/mol. The molecule has 0 atom stereocenters. The molecule has 1 N–H and O–H groups in total. The number of anilines is 1. The standard InChI is InChI=1S/C20H26N6O6S/c1-4-25-18(20(28)23(2)3)17(13-21-25)22-19(27)14-9-11-24(12-10-14)33(31,32)16-7-5-15(6-8-16)26(29)30/h5-8,13-14H,4,9-12H2,1-3H3,(H,22,27). The van der Waals surface area contributed by atoms with Gasteiger partial charge in [-0.2, -0.15) is 9.40 Å². The molecule has 33 heavy (non-hydrogen) atoms. The van der Waals surface area contributed by atoms with Crippen LogP contribution in [-0.4, -0.2) is 71.3 Å². The van der Waals surface area contributed by atoms with Gasteiger partial charge in [0.25, 0.3) is 11.6 Å². The third kappa shape index (κ3) is 5.03. The summed E-state index contributed by atoms with van der Waals surface area (Å²) in [5.41, 5.74) is 0.415. The van der Waals surface area contributed by atoms with Crippen molar-refractivity contribution < 1.29 is 22.9 Å². The smallest absolute Gasteiger partial charge is 0.273 e. The molecule has 1 saturated heterocycles. The number of amides is 2. The molecule has 12 nitrogen and oxygen atoms in total. The summed E-state index contributed by atoms with van der Waals surface area (Å²) in [4.78, 5) is 36.9. The van der Waals surface area contributed by atoms with E-state index in [1.165, 1.54) is 32.2 Å². The average molecular weight is 479 g/mol. The van der Waals surface area contributed by atoms with Gasteiger partial charge in [-0.25, -0.2) is 8.42 Å². The van der Waals surface area contributed by atoms with Gasteiger partial charge < -0.3 is 10.2 Å². The largest absolute Gasteiger partial charge is 0.343 e. The highest BCUT2D eigenvalue weighted by atomic mass is 32.2. The summed E-state index contributed by atoms with van der Waals surface area (Å²) in [6, 6.07) is 4.72. The first-order valence-corrected chi connectivity index (χ1v) is 11.8.